The van der Waals surface area contributed by atoms with Gasteiger partial charge in [-0.25, -0.2) is 12.8 Å². The highest BCUT2D eigenvalue weighted by atomic mass is 32.2. The summed E-state index contributed by atoms with van der Waals surface area (Å²) in [7, 11) is -3.90. The third kappa shape index (κ3) is 3.65. The van der Waals surface area contributed by atoms with Crippen molar-refractivity contribution >= 4 is 15.9 Å². The van der Waals surface area contributed by atoms with E-state index in [0.29, 0.717) is 0 Å². The summed E-state index contributed by atoms with van der Waals surface area (Å²) < 4.78 is 37.3. The van der Waals surface area contributed by atoms with Gasteiger partial charge in [0.25, 0.3) is 15.9 Å². The molecule has 21 heavy (non-hydrogen) atoms. The number of carbonyl (C=O) groups excluding carboxylic acids is 1. The molecule has 0 heterocycles. The van der Waals surface area contributed by atoms with Crippen molar-refractivity contribution in [1.82, 2.24) is 10.3 Å². The molecular weight excluding hydrogens is 295 g/mol. The lowest BCUT2D eigenvalue weighted by Crippen LogP contribution is -2.41. The van der Waals surface area contributed by atoms with E-state index in [2.05, 4.69) is 0 Å². The maximum Gasteiger partial charge on any atom is 0.269 e. The molecule has 0 aromatic heterocycles. The molecule has 0 atom stereocenters. The zero-order valence-corrected chi connectivity index (χ0v) is 11.9. The summed E-state index contributed by atoms with van der Waals surface area (Å²) in [6, 6.07) is 11.4. The molecule has 2 N–H and O–H groups in total. The topological polar surface area (TPSA) is 75.3 Å². The van der Waals surface area contributed by atoms with Crippen LogP contribution in [0.25, 0.3) is 0 Å². The standard InChI is InChI=1S/C14H13FN2O3S/c1-10-6-8-11(9-7-10)21(19,20)17-16-14(18)12-4-2-3-5-13(12)15/h2-9,17H,1H3,(H,16,18). The van der Waals surface area contributed by atoms with Crippen LogP contribution in [0.4, 0.5) is 4.39 Å². The molecule has 1 amide bonds. The largest absolute Gasteiger partial charge is 0.273 e. The van der Waals surface area contributed by atoms with Crippen LogP contribution < -0.4 is 10.3 Å². The Bertz CT molecular complexity index is 758. The van der Waals surface area contributed by atoms with Crippen molar-refractivity contribution < 1.29 is 17.6 Å². The summed E-state index contributed by atoms with van der Waals surface area (Å²) in [6.07, 6.45) is 0. The molecule has 0 saturated heterocycles. The molecule has 0 saturated carbocycles. The van der Waals surface area contributed by atoms with Gasteiger partial charge in [-0.1, -0.05) is 29.8 Å². The maximum absolute atomic E-state index is 13.4. The minimum absolute atomic E-state index is 0.00179. The van der Waals surface area contributed by atoms with Crippen LogP contribution >= 0.6 is 0 Å². The van der Waals surface area contributed by atoms with Crippen molar-refractivity contribution in [2.24, 2.45) is 0 Å². The highest BCUT2D eigenvalue weighted by molar-refractivity contribution is 7.89. The predicted octanol–water partition coefficient (Wildman–Crippen LogP) is 1.76. The van der Waals surface area contributed by atoms with Gasteiger partial charge in [-0.3, -0.25) is 10.2 Å². The summed E-state index contributed by atoms with van der Waals surface area (Å²) in [5.41, 5.74) is 2.64. The second kappa shape index (κ2) is 6.02. The number of aryl methyl sites for hydroxylation is 1. The van der Waals surface area contributed by atoms with E-state index < -0.39 is 21.7 Å². The molecule has 0 fully saturated rings. The number of halogens is 1. The highest BCUT2D eigenvalue weighted by Crippen LogP contribution is 2.09. The Morgan fingerprint density at radius 1 is 1.05 bits per heavy atom. The quantitative estimate of drug-likeness (QED) is 0.845. The Kier molecular flexibility index (Phi) is 4.35. The third-order valence-electron chi connectivity index (χ3n) is 2.75. The average molecular weight is 308 g/mol. The number of benzene rings is 2. The lowest BCUT2D eigenvalue weighted by molar-refractivity contribution is 0.0941. The fourth-order valence-corrected chi connectivity index (χ4v) is 2.44. The molecule has 0 aliphatic carbocycles. The van der Waals surface area contributed by atoms with Crippen LogP contribution in [0.3, 0.4) is 0 Å². The first kappa shape index (κ1) is 15.1. The Morgan fingerprint density at radius 2 is 1.67 bits per heavy atom. The first-order valence-electron chi connectivity index (χ1n) is 6.03. The summed E-state index contributed by atoms with van der Waals surface area (Å²) in [6.45, 7) is 1.82. The molecule has 2 aromatic rings. The van der Waals surface area contributed by atoms with Crippen LogP contribution in [0.2, 0.25) is 0 Å². The van der Waals surface area contributed by atoms with Gasteiger partial charge in [-0.2, -0.15) is 0 Å². The molecule has 0 aliphatic heterocycles. The van der Waals surface area contributed by atoms with Gasteiger partial charge in [-0.05, 0) is 31.2 Å². The fourth-order valence-electron chi connectivity index (χ4n) is 1.60. The van der Waals surface area contributed by atoms with E-state index in [-0.39, 0.29) is 10.5 Å². The van der Waals surface area contributed by atoms with E-state index in [1.807, 2.05) is 17.2 Å². The van der Waals surface area contributed by atoms with E-state index in [1.54, 1.807) is 12.1 Å². The first-order valence-corrected chi connectivity index (χ1v) is 7.52. The van der Waals surface area contributed by atoms with Gasteiger partial charge in [-0.15, -0.1) is 4.83 Å². The molecule has 0 unspecified atom stereocenters. The minimum Gasteiger partial charge on any atom is -0.273 e. The van der Waals surface area contributed by atoms with Gasteiger partial charge in [0.1, 0.15) is 5.82 Å². The van der Waals surface area contributed by atoms with Crippen molar-refractivity contribution in [2.45, 2.75) is 11.8 Å². The second-order valence-corrected chi connectivity index (χ2v) is 6.03. The second-order valence-electron chi connectivity index (χ2n) is 4.35. The van der Waals surface area contributed by atoms with Gasteiger partial charge in [0.05, 0.1) is 10.5 Å². The Morgan fingerprint density at radius 3 is 2.29 bits per heavy atom. The number of hydrogen-bond acceptors (Lipinski definition) is 3. The molecule has 110 valence electrons. The molecule has 2 rings (SSSR count). The van der Waals surface area contributed by atoms with E-state index in [1.165, 1.54) is 30.3 Å². The van der Waals surface area contributed by atoms with E-state index in [0.717, 1.165) is 11.6 Å². The summed E-state index contributed by atoms with van der Waals surface area (Å²) >= 11 is 0. The lowest BCUT2D eigenvalue weighted by atomic mass is 10.2. The fraction of sp³-hybridized carbons (Fsp3) is 0.0714. The van der Waals surface area contributed by atoms with Crippen molar-refractivity contribution in [2.75, 3.05) is 0 Å². The number of hydrazine groups is 1. The van der Waals surface area contributed by atoms with Crippen molar-refractivity contribution in [3.05, 3.63) is 65.5 Å². The molecule has 0 bridgehead atoms. The molecule has 0 radical (unpaired) electrons. The first-order chi connectivity index (χ1) is 9.90. The zero-order valence-electron chi connectivity index (χ0n) is 11.1. The molecule has 2 aromatic carbocycles. The van der Waals surface area contributed by atoms with Crippen LogP contribution in [-0.4, -0.2) is 14.3 Å². The monoisotopic (exact) mass is 308 g/mol. The molecule has 0 aliphatic rings. The average Bonchev–Trinajstić information content (AvgIpc) is 2.46. The predicted molar refractivity (Wildman–Crippen MR) is 75.4 cm³/mol. The normalized spacial score (nSPS) is 11.1. The minimum atomic E-state index is -3.90. The van der Waals surface area contributed by atoms with Gasteiger partial charge in [0, 0.05) is 0 Å². The summed E-state index contributed by atoms with van der Waals surface area (Å²) in [5, 5.41) is 0. The number of nitrogens with one attached hydrogen (secondary N) is 2. The molecular formula is C14H13FN2O3S. The smallest absolute Gasteiger partial charge is 0.269 e. The lowest BCUT2D eigenvalue weighted by Gasteiger charge is -2.09. The molecule has 5 nitrogen and oxygen atoms in total. The Hall–Kier alpha value is -2.25. The Balaban J connectivity index is 2.10. The van der Waals surface area contributed by atoms with Crippen molar-refractivity contribution in [3.63, 3.8) is 0 Å². The number of hydrogen-bond donors (Lipinski definition) is 2. The highest BCUT2D eigenvalue weighted by Gasteiger charge is 2.16. The number of amides is 1. The van der Waals surface area contributed by atoms with Crippen LogP contribution in [0.5, 0.6) is 0 Å². The van der Waals surface area contributed by atoms with Crippen LogP contribution in [-0.2, 0) is 10.0 Å². The Labute approximate surface area is 121 Å². The summed E-state index contributed by atoms with van der Waals surface area (Å²) in [5.74, 6) is -1.60. The van der Waals surface area contributed by atoms with E-state index in [4.69, 9.17) is 0 Å². The third-order valence-corrected chi connectivity index (χ3v) is 4.01. The van der Waals surface area contributed by atoms with Crippen LogP contribution in [0, 0.1) is 12.7 Å². The summed E-state index contributed by atoms with van der Waals surface area (Å²) in [4.78, 5) is 13.6. The van der Waals surface area contributed by atoms with Crippen molar-refractivity contribution in [1.29, 1.82) is 0 Å². The maximum atomic E-state index is 13.4. The number of carbonyl (C=O) groups is 1. The van der Waals surface area contributed by atoms with Gasteiger partial charge >= 0.3 is 0 Å². The molecule has 7 heteroatoms. The van der Waals surface area contributed by atoms with E-state index in [9.17, 15) is 17.6 Å². The van der Waals surface area contributed by atoms with Gasteiger partial charge in [0.15, 0.2) is 0 Å². The number of sulfonamides is 1. The van der Waals surface area contributed by atoms with E-state index >= 15 is 0 Å². The van der Waals surface area contributed by atoms with Crippen molar-refractivity contribution in [3.8, 4) is 0 Å². The molecule has 0 spiro atoms. The van der Waals surface area contributed by atoms with Gasteiger partial charge in [0.2, 0.25) is 0 Å². The SMILES string of the molecule is Cc1ccc(S(=O)(=O)NNC(=O)c2ccccc2F)cc1. The zero-order chi connectivity index (χ0) is 15.5. The van der Waals surface area contributed by atoms with Gasteiger partial charge < -0.3 is 0 Å². The number of rotatable bonds is 4. The van der Waals surface area contributed by atoms with Crippen LogP contribution in [0.1, 0.15) is 15.9 Å². The van der Waals surface area contributed by atoms with Crippen LogP contribution in [0.15, 0.2) is 53.4 Å².